The van der Waals surface area contributed by atoms with E-state index >= 15 is 0 Å². The van der Waals surface area contributed by atoms with Crippen LogP contribution in [0.3, 0.4) is 0 Å². The molecular weight excluding hydrogens is 189 g/mol. The summed E-state index contributed by atoms with van der Waals surface area (Å²) < 4.78 is 0. The Bertz CT molecular complexity index is 105. The molecule has 0 aliphatic heterocycles. The van der Waals surface area contributed by atoms with E-state index < -0.39 is 0 Å². The average molecular weight is 200 g/mol. The van der Waals surface area contributed by atoms with E-state index in [1.54, 1.807) is 0 Å². The minimum absolute atomic E-state index is 0. The van der Waals surface area contributed by atoms with E-state index in [0.717, 1.165) is 12.8 Å². The molecule has 0 aromatic heterocycles. The molecule has 1 nitrogen and oxygen atoms in total. The van der Waals surface area contributed by atoms with Crippen LogP contribution in [0.2, 0.25) is 0 Å². The molecule has 1 fully saturated rings. The van der Waals surface area contributed by atoms with Crippen LogP contribution in [0.5, 0.6) is 0 Å². The van der Waals surface area contributed by atoms with Gasteiger partial charge in [-0.25, -0.2) is 0 Å². The zero-order valence-electron chi connectivity index (χ0n) is 5.98. The Morgan fingerprint density at radius 3 is 1.89 bits per heavy atom. The van der Waals surface area contributed by atoms with Crippen LogP contribution in [0.1, 0.15) is 26.7 Å². The molecule has 1 rings (SSSR count). The molecule has 1 radical (unpaired) electrons. The van der Waals surface area contributed by atoms with Crippen LogP contribution in [0.4, 0.5) is 0 Å². The van der Waals surface area contributed by atoms with Crippen LogP contribution in [0.25, 0.3) is 0 Å². The van der Waals surface area contributed by atoms with E-state index in [1.165, 1.54) is 0 Å². The fourth-order valence-corrected chi connectivity index (χ4v) is 0.932. The van der Waals surface area contributed by atoms with Crippen molar-refractivity contribution in [2.45, 2.75) is 26.7 Å². The molecule has 2 heteroatoms. The molecule has 1 aliphatic carbocycles. The Morgan fingerprint density at radius 2 is 1.89 bits per heavy atom. The van der Waals surface area contributed by atoms with Gasteiger partial charge >= 0.3 is 0 Å². The zero-order chi connectivity index (χ0) is 6.20. The molecule has 0 N–H and O–H groups in total. The van der Waals surface area contributed by atoms with E-state index in [1.807, 2.05) is 0 Å². The SMILES string of the molecule is CC(C)C1([C-]=O)CC1.[Y]. The minimum atomic E-state index is -0.0139. The fourth-order valence-electron chi connectivity index (χ4n) is 0.932. The third-order valence-electron chi connectivity index (χ3n) is 2.10. The Kier molecular flexibility index (Phi) is 3.53. The van der Waals surface area contributed by atoms with Crippen LogP contribution in [0.15, 0.2) is 0 Å². The quantitative estimate of drug-likeness (QED) is 0.617. The molecule has 49 valence electrons. The molecular formula is C7H11OY-. The van der Waals surface area contributed by atoms with Crippen LogP contribution in [-0.4, -0.2) is 6.29 Å². The first kappa shape index (κ1) is 9.77. The predicted octanol–water partition coefficient (Wildman–Crippen LogP) is 1.53. The topological polar surface area (TPSA) is 17.1 Å². The third kappa shape index (κ3) is 1.84. The summed E-state index contributed by atoms with van der Waals surface area (Å²) >= 11 is 0. The summed E-state index contributed by atoms with van der Waals surface area (Å²) in [6, 6.07) is 0. The molecule has 0 bridgehead atoms. The molecule has 0 atom stereocenters. The van der Waals surface area contributed by atoms with E-state index in [4.69, 9.17) is 0 Å². The summed E-state index contributed by atoms with van der Waals surface area (Å²) in [6.07, 6.45) is 4.23. The standard InChI is InChI=1S/C7H11O.Y/c1-6(2)7(5-8)3-4-7;/h6H,3-4H2,1-2H3;/q-1;. The largest absolute Gasteiger partial charge is 0.541 e. The zero-order valence-corrected chi connectivity index (χ0v) is 8.82. The Balaban J connectivity index is 0.000000640. The second-order valence-electron chi connectivity index (χ2n) is 2.91. The molecule has 1 saturated carbocycles. The minimum Gasteiger partial charge on any atom is -0.541 e. The van der Waals surface area contributed by atoms with Gasteiger partial charge in [0, 0.05) is 32.7 Å². The smallest absolute Gasteiger partial charge is 0 e. The van der Waals surface area contributed by atoms with E-state index in [-0.39, 0.29) is 38.1 Å². The number of hydrogen-bond acceptors (Lipinski definition) is 1. The van der Waals surface area contributed by atoms with Gasteiger partial charge in [0.1, 0.15) is 0 Å². The molecule has 0 spiro atoms. The van der Waals surface area contributed by atoms with Gasteiger partial charge in [-0.15, -0.1) is 5.41 Å². The molecule has 0 aromatic carbocycles. The number of carbonyl (C=O) groups excluding carboxylic acids is 1. The first-order chi connectivity index (χ1) is 3.71. The maximum absolute atomic E-state index is 10.2. The number of hydrogen-bond donors (Lipinski definition) is 0. The molecule has 0 unspecified atom stereocenters. The van der Waals surface area contributed by atoms with Crippen LogP contribution < -0.4 is 0 Å². The molecule has 9 heavy (non-hydrogen) atoms. The maximum atomic E-state index is 10.2. The van der Waals surface area contributed by atoms with Crippen molar-refractivity contribution in [1.82, 2.24) is 0 Å². The monoisotopic (exact) mass is 200 g/mol. The number of rotatable bonds is 2. The fraction of sp³-hybridized carbons (Fsp3) is 0.857. The summed E-state index contributed by atoms with van der Waals surface area (Å²) in [4.78, 5) is 10.2. The van der Waals surface area contributed by atoms with E-state index in [2.05, 4.69) is 20.1 Å². The molecule has 0 amide bonds. The first-order valence-electron chi connectivity index (χ1n) is 3.10. The van der Waals surface area contributed by atoms with Gasteiger partial charge in [0.15, 0.2) is 0 Å². The van der Waals surface area contributed by atoms with Crippen molar-refractivity contribution in [2.75, 3.05) is 0 Å². The van der Waals surface area contributed by atoms with Crippen molar-refractivity contribution < 1.29 is 37.5 Å². The van der Waals surface area contributed by atoms with E-state index in [0.29, 0.717) is 5.92 Å². The maximum Gasteiger partial charge on any atom is 0 e. The summed E-state index contributed by atoms with van der Waals surface area (Å²) in [5.41, 5.74) is -0.0139. The van der Waals surface area contributed by atoms with Gasteiger partial charge in [-0.05, 0) is 0 Å². The van der Waals surface area contributed by atoms with Crippen molar-refractivity contribution in [3.05, 3.63) is 0 Å². The molecule has 0 heterocycles. The second-order valence-corrected chi connectivity index (χ2v) is 2.91. The van der Waals surface area contributed by atoms with Crippen molar-refractivity contribution in [3.8, 4) is 0 Å². The van der Waals surface area contributed by atoms with Crippen molar-refractivity contribution in [3.63, 3.8) is 0 Å². The van der Waals surface area contributed by atoms with Gasteiger partial charge in [-0.3, -0.25) is 6.29 Å². The van der Waals surface area contributed by atoms with Crippen LogP contribution >= 0.6 is 0 Å². The normalized spacial score (nSPS) is 20.8. The van der Waals surface area contributed by atoms with Gasteiger partial charge in [0.25, 0.3) is 0 Å². The predicted molar refractivity (Wildman–Crippen MR) is 32.2 cm³/mol. The molecule has 0 aromatic rings. The molecule has 1 aliphatic rings. The van der Waals surface area contributed by atoms with Gasteiger partial charge in [0.05, 0.1) is 0 Å². The molecule has 0 saturated heterocycles. The third-order valence-corrected chi connectivity index (χ3v) is 2.10. The average Bonchev–Trinajstić information content (AvgIpc) is 2.44. The van der Waals surface area contributed by atoms with Gasteiger partial charge < -0.3 is 4.79 Å². The Labute approximate surface area is 81.5 Å². The van der Waals surface area contributed by atoms with Gasteiger partial charge in [0.2, 0.25) is 0 Å². The van der Waals surface area contributed by atoms with Crippen LogP contribution in [0, 0.1) is 11.3 Å². The van der Waals surface area contributed by atoms with Crippen molar-refractivity contribution >= 4 is 6.29 Å². The summed E-state index contributed by atoms with van der Waals surface area (Å²) in [5.74, 6) is 0.500. The Morgan fingerprint density at radius 1 is 1.44 bits per heavy atom. The summed E-state index contributed by atoms with van der Waals surface area (Å²) in [7, 11) is 0. The van der Waals surface area contributed by atoms with Gasteiger partial charge in [-0.1, -0.05) is 32.6 Å². The second kappa shape index (κ2) is 3.25. The first-order valence-corrected chi connectivity index (χ1v) is 3.10. The summed E-state index contributed by atoms with van der Waals surface area (Å²) in [6.45, 7) is 4.16. The van der Waals surface area contributed by atoms with E-state index in [9.17, 15) is 4.79 Å². The van der Waals surface area contributed by atoms with Crippen molar-refractivity contribution in [1.29, 1.82) is 0 Å². The van der Waals surface area contributed by atoms with Crippen LogP contribution in [-0.2, 0) is 37.5 Å². The Hall–Kier alpha value is 0.774. The van der Waals surface area contributed by atoms with Gasteiger partial charge in [-0.2, -0.15) is 0 Å². The summed E-state index contributed by atoms with van der Waals surface area (Å²) in [5, 5.41) is 0. The van der Waals surface area contributed by atoms with Crippen molar-refractivity contribution in [2.24, 2.45) is 11.3 Å².